The first-order valence-electron chi connectivity index (χ1n) is 8.80. The summed E-state index contributed by atoms with van der Waals surface area (Å²) in [6, 6.07) is 5.77. The van der Waals surface area contributed by atoms with E-state index >= 15 is 0 Å². The highest BCUT2D eigenvalue weighted by atomic mass is 16.5. The van der Waals surface area contributed by atoms with Crippen molar-refractivity contribution in [2.45, 2.75) is 12.8 Å². The molecule has 134 valence electrons. The quantitative estimate of drug-likeness (QED) is 0.757. The summed E-state index contributed by atoms with van der Waals surface area (Å²) in [4.78, 5) is 17.8. The Morgan fingerprint density at radius 3 is 2.77 bits per heavy atom. The third-order valence-corrected chi connectivity index (χ3v) is 4.53. The van der Waals surface area contributed by atoms with Crippen molar-refractivity contribution >= 4 is 16.9 Å². The fourth-order valence-electron chi connectivity index (χ4n) is 3.03. The molecule has 1 N–H and O–H groups in total. The second-order valence-corrected chi connectivity index (χ2v) is 6.28. The minimum Gasteiger partial charge on any atom is -0.477 e. The van der Waals surface area contributed by atoms with Crippen LogP contribution in [-0.2, 0) is 4.74 Å². The summed E-state index contributed by atoms with van der Waals surface area (Å²) >= 11 is 0. The van der Waals surface area contributed by atoms with Crippen LogP contribution in [0.15, 0.2) is 36.8 Å². The molecule has 0 unspecified atom stereocenters. The minimum absolute atomic E-state index is 0.546. The maximum atomic E-state index is 5.83. The maximum absolute atomic E-state index is 5.83. The molecule has 3 aromatic rings. The van der Waals surface area contributed by atoms with E-state index in [0.717, 1.165) is 48.3 Å². The second kappa shape index (κ2) is 7.61. The molecule has 0 aromatic carbocycles. The number of nitrogens with zero attached hydrogens (tertiary/aromatic N) is 4. The lowest BCUT2D eigenvalue weighted by Crippen LogP contribution is -2.21. The highest BCUT2D eigenvalue weighted by molar-refractivity contribution is 5.88. The molecule has 0 aliphatic carbocycles. The Morgan fingerprint density at radius 1 is 1.15 bits per heavy atom. The third-order valence-electron chi connectivity index (χ3n) is 4.53. The maximum Gasteiger partial charge on any atom is 0.213 e. The Labute approximate surface area is 151 Å². The van der Waals surface area contributed by atoms with Crippen LogP contribution < -0.4 is 10.1 Å². The number of hydrogen-bond donors (Lipinski definition) is 1. The summed E-state index contributed by atoms with van der Waals surface area (Å²) in [6.45, 7) is 2.33. The van der Waals surface area contributed by atoms with Crippen LogP contribution in [0.4, 0.5) is 5.82 Å². The summed E-state index contributed by atoms with van der Waals surface area (Å²) in [5.74, 6) is 1.88. The van der Waals surface area contributed by atoms with Crippen molar-refractivity contribution in [3.8, 4) is 17.1 Å². The van der Waals surface area contributed by atoms with Crippen LogP contribution in [0, 0.1) is 5.92 Å². The topological polar surface area (TPSA) is 82.1 Å². The molecule has 0 atom stereocenters. The first-order chi connectivity index (χ1) is 12.8. The van der Waals surface area contributed by atoms with Gasteiger partial charge in [0.2, 0.25) is 5.88 Å². The van der Waals surface area contributed by atoms with Crippen LogP contribution in [0.2, 0.25) is 0 Å². The van der Waals surface area contributed by atoms with E-state index in [9.17, 15) is 0 Å². The minimum atomic E-state index is 0.546. The van der Waals surface area contributed by atoms with E-state index in [1.807, 2.05) is 25.2 Å². The number of pyridine rings is 2. The first-order valence-corrected chi connectivity index (χ1v) is 8.80. The van der Waals surface area contributed by atoms with Crippen molar-refractivity contribution in [2.75, 3.05) is 32.2 Å². The summed E-state index contributed by atoms with van der Waals surface area (Å²) in [7, 11) is 1.83. The Hall–Kier alpha value is -2.80. The van der Waals surface area contributed by atoms with E-state index in [1.165, 1.54) is 0 Å². The van der Waals surface area contributed by atoms with E-state index in [-0.39, 0.29) is 0 Å². The van der Waals surface area contributed by atoms with Crippen LogP contribution in [0.3, 0.4) is 0 Å². The number of anilines is 1. The monoisotopic (exact) mass is 351 g/mol. The van der Waals surface area contributed by atoms with Gasteiger partial charge in [-0.25, -0.2) is 15.0 Å². The molecule has 1 aliphatic rings. The van der Waals surface area contributed by atoms with Crippen molar-refractivity contribution in [3.63, 3.8) is 0 Å². The van der Waals surface area contributed by atoms with Crippen LogP contribution in [-0.4, -0.2) is 46.8 Å². The summed E-state index contributed by atoms with van der Waals surface area (Å²) < 4.78 is 11.2. The zero-order chi connectivity index (χ0) is 17.8. The molecule has 4 rings (SSSR count). The highest BCUT2D eigenvalue weighted by Crippen LogP contribution is 2.25. The predicted molar refractivity (Wildman–Crippen MR) is 99.1 cm³/mol. The van der Waals surface area contributed by atoms with Crippen molar-refractivity contribution in [1.82, 2.24) is 19.9 Å². The number of nitrogens with one attached hydrogen (secondary N) is 1. The number of hydrogen-bond acceptors (Lipinski definition) is 7. The fourth-order valence-corrected chi connectivity index (χ4v) is 3.03. The molecule has 7 heteroatoms. The summed E-state index contributed by atoms with van der Waals surface area (Å²) in [5, 5.41) is 3.08. The van der Waals surface area contributed by atoms with Gasteiger partial charge in [0, 0.05) is 50.5 Å². The van der Waals surface area contributed by atoms with Crippen LogP contribution in [0.1, 0.15) is 12.8 Å². The van der Waals surface area contributed by atoms with Gasteiger partial charge in [0.25, 0.3) is 0 Å². The van der Waals surface area contributed by atoms with E-state index in [1.54, 1.807) is 18.6 Å². The molecule has 4 heterocycles. The average molecular weight is 351 g/mol. The highest BCUT2D eigenvalue weighted by Gasteiger charge is 2.15. The second-order valence-electron chi connectivity index (χ2n) is 6.28. The van der Waals surface area contributed by atoms with Crippen LogP contribution in [0.25, 0.3) is 22.3 Å². The Kier molecular flexibility index (Phi) is 4.88. The van der Waals surface area contributed by atoms with Gasteiger partial charge in [0.05, 0.1) is 17.8 Å². The summed E-state index contributed by atoms with van der Waals surface area (Å²) in [6.07, 6.45) is 7.22. The van der Waals surface area contributed by atoms with Gasteiger partial charge in [-0.2, -0.15) is 0 Å². The van der Waals surface area contributed by atoms with Gasteiger partial charge in [0.15, 0.2) is 5.82 Å². The lowest BCUT2D eigenvalue weighted by molar-refractivity contribution is 0.0490. The van der Waals surface area contributed by atoms with Crippen molar-refractivity contribution in [1.29, 1.82) is 0 Å². The molecule has 1 aliphatic heterocycles. The molecule has 0 bridgehead atoms. The van der Waals surface area contributed by atoms with Gasteiger partial charge in [-0.15, -0.1) is 0 Å². The van der Waals surface area contributed by atoms with Crippen LogP contribution >= 0.6 is 0 Å². The lowest BCUT2D eigenvalue weighted by Gasteiger charge is -2.21. The lowest BCUT2D eigenvalue weighted by atomic mass is 10.0. The molecule has 3 aromatic heterocycles. The number of aromatic nitrogens is 4. The number of ether oxygens (including phenoxy) is 2. The largest absolute Gasteiger partial charge is 0.477 e. The van der Waals surface area contributed by atoms with Gasteiger partial charge < -0.3 is 14.8 Å². The number of rotatable bonds is 5. The first kappa shape index (κ1) is 16.7. The Balaban J connectivity index is 1.52. The van der Waals surface area contributed by atoms with Crippen molar-refractivity contribution in [2.24, 2.45) is 5.92 Å². The molecule has 0 saturated carbocycles. The van der Waals surface area contributed by atoms with Crippen molar-refractivity contribution in [3.05, 3.63) is 36.8 Å². The van der Waals surface area contributed by atoms with E-state index in [0.29, 0.717) is 24.2 Å². The van der Waals surface area contributed by atoms with E-state index < -0.39 is 0 Å². The van der Waals surface area contributed by atoms with Gasteiger partial charge in [-0.3, -0.25) is 4.98 Å². The Bertz CT molecular complexity index is 879. The molecular weight excluding hydrogens is 330 g/mol. The summed E-state index contributed by atoms with van der Waals surface area (Å²) in [5.41, 5.74) is 3.25. The number of fused-ring (bicyclic) bond motifs is 1. The molecule has 0 amide bonds. The van der Waals surface area contributed by atoms with Gasteiger partial charge in [-0.1, -0.05) is 0 Å². The molecule has 26 heavy (non-hydrogen) atoms. The smallest absolute Gasteiger partial charge is 0.213 e. The molecule has 1 saturated heterocycles. The fraction of sp³-hybridized carbons (Fsp3) is 0.368. The zero-order valence-corrected chi connectivity index (χ0v) is 14.7. The van der Waals surface area contributed by atoms with E-state index in [2.05, 4.69) is 25.3 Å². The molecular formula is C19H21N5O2. The molecule has 0 spiro atoms. The van der Waals surface area contributed by atoms with Gasteiger partial charge >= 0.3 is 0 Å². The van der Waals surface area contributed by atoms with Gasteiger partial charge in [-0.05, 0) is 30.9 Å². The molecule has 7 nitrogen and oxygen atoms in total. The predicted octanol–water partition coefficient (Wildman–Crippen LogP) is 2.93. The SMILES string of the molecule is CNc1nc(-c2ccc(OCC3CCOCC3)nc2)cc2nccnc12. The third kappa shape index (κ3) is 3.57. The average Bonchev–Trinajstić information content (AvgIpc) is 2.72. The van der Waals surface area contributed by atoms with Crippen molar-refractivity contribution < 1.29 is 9.47 Å². The van der Waals surface area contributed by atoms with E-state index in [4.69, 9.17) is 9.47 Å². The standard InChI is InChI=1S/C19H21N5O2/c1-20-19-18-16(21-6-7-22-18)10-15(24-19)14-2-3-17(23-11-14)26-12-13-4-8-25-9-5-13/h2-3,6-7,10-11,13H,4-5,8-9,12H2,1H3,(H,20,24). The molecule has 0 radical (unpaired) electrons. The molecule has 1 fully saturated rings. The zero-order valence-electron chi connectivity index (χ0n) is 14.7. The van der Waals surface area contributed by atoms with Gasteiger partial charge in [0.1, 0.15) is 5.52 Å². The normalized spacial score (nSPS) is 15.1. The Morgan fingerprint density at radius 2 is 2.00 bits per heavy atom. The van der Waals surface area contributed by atoms with Crippen LogP contribution in [0.5, 0.6) is 5.88 Å².